The molecule has 0 rings (SSSR count). The summed E-state index contributed by atoms with van der Waals surface area (Å²) in [6, 6.07) is 0. The summed E-state index contributed by atoms with van der Waals surface area (Å²) in [5, 5.41) is 0. The summed E-state index contributed by atoms with van der Waals surface area (Å²) >= 11 is 4.14. The standard InChI is InChI=1S/C2H4.ClHO4S/c1-2;1-5-6(2,3)4/h1-2H2;(H,2,3,4). The van der Waals surface area contributed by atoms with E-state index in [1.165, 1.54) is 0 Å². The van der Waals surface area contributed by atoms with E-state index in [1.54, 1.807) is 0 Å². The molecule has 0 saturated heterocycles. The Bertz CT molecular complexity index is 127. The van der Waals surface area contributed by atoms with Gasteiger partial charge < -0.3 is 0 Å². The summed E-state index contributed by atoms with van der Waals surface area (Å²) in [5.74, 6) is 0. The van der Waals surface area contributed by atoms with E-state index in [2.05, 4.69) is 28.8 Å². The molecule has 8 heavy (non-hydrogen) atoms. The van der Waals surface area contributed by atoms with Crippen LogP contribution in [0.5, 0.6) is 0 Å². The first-order valence-electron chi connectivity index (χ1n) is 1.34. The van der Waals surface area contributed by atoms with Crippen molar-refractivity contribution in [2.24, 2.45) is 0 Å². The van der Waals surface area contributed by atoms with Gasteiger partial charge in [0, 0.05) is 0 Å². The zero-order valence-electron chi connectivity index (χ0n) is 3.87. The average Bonchev–Trinajstić information content (AvgIpc) is 1.71. The van der Waals surface area contributed by atoms with Crippen molar-refractivity contribution < 1.29 is 16.7 Å². The molecule has 0 bridgehead atoms. The van der Waals surface area contributed by atoms with Crippen LogP contribution < -0.4 is 0 Å². The topological polar surface area (TPSA) is 63.6 Å². The number of hydrogen-bond donors (Lipinski definition) is 1. The van der Waals surface area contributed by atoms with Crippen LogP contribution in [0.3, 0.4) is 0 Å². The van der Waals surface area contributed by atoms with Gasteiger partial charge in [-0.05, 0) is 0 Å². The Morgan fingerprint density at radius 2 is 1.62 bits per heavy atom. The van der Waals surface area contributed by atoms with Gasteiger partial charge in [-0.3, -0.25) is 4.55 Å². The Hall–Kier alpha value is -0.100. The van der Waals surface area contributed by atoms with Crippen LogP contribution in [-0.4, -0.2) is 13.0 Å². The highest BCUT2D eigenvalue weighted by Crippen LogP contribution is 1.86. The molecule has 0 aromatic heterocycles. The highest BCUT2D eigenvalue weighted by Gasteiger charge is 1.97. The Morgan fingerprint density at radius 1 is 1.50 bits per heavy atom. The van der Waals surface area contributed by atoms with Crippen molar-refractivity contribution in [1.82, 2.24) is 0 Å². The number of rotatable bonds is 1. The first-order valence-corrected chi connectivity index (χ1v) is 3.01. The van der Waals surface area contributed by atoms with Gasteiger partial charge in [-0.15, -0.1) is 16.9 Å². The Kier molecular flexibility index (Phi) is 6.81. The lowest BCUT2D eigenvalue weighted by Crippen LogP contribution is -1.92. The lowest BCUT2D eigenvalue weighted by molar-refractivity contribution is 0.400. The molecule has 4 nitrogen and oxygen atoms in total. The molecule has 0 amide bonds. The van der Waals surface area contributed by atoms with E-state index >= 15 is 0 Å². The molecule has 0 aromatic rings. The second-order valence-electron chi connectivity index (χ2n) is 0.491. The van der Waals surface area contributed by atoms with Gasteiger partial charge in [0.05, 0.1) is 11.9 Å². The van der Waals surface area contributed by atoms with Crippen LogP contribution in [0.25, 0.3) is 0 Å². The maximum absolute atomic E-state index is 9.20. The molecule has 0 aliphatic rings. The lowest BCUT2D eigenvalue weighted by Gasteiger charge is -1.77. The summed E-state index contributed by atoms with van der Waals surface area (Å²) in [4.78, 5) is 0. The van der Waals surface area contributed by atoms with E-state index in [9.17, 15) is 8.42 Å². The van der Waals surface area contributed by atoms with E-state index in [0.717, 1.165) is 0 Å². The van der Waals surface area contributed by atoms with Crippen molar-refractivity contribution in [3.05, 3.63) is 13.2 Å². The highest BCUT2D eigenvalue weighted by molar-refractivity contribution is 7.81. The summed E-state index contributed by atoms with van der Waals surface area (Å²) in [6.45, 7) is 6.00. The maximum Gasteiger partial charge on any atom is 0.413 e. The molecule has 0 aliphatic carbocycles. The summed E-state index contributed by atoms with van der Waals surface area (Å²) < 4.78 is 28.8. The minimum atomic E-state index is -4.40. The minimum absolute atomic E-state index is 2.94. The Balaban J connectivity index is 0. The normalized spacial score (nSPS) is 9.25. The average molecular weight is 161 g/mol. The van der Waals surface area contributed by atoms with Crippen LogP contribution >= 0.6 is 11.9 Å². The van der Waals surface area contributed by atoms with E-state index in [4.69, 9.17) is 4.55 Å². The minimum Gasteiger partial charge on any atom is -0.263 e. The van der Waals surface area contributed by atoms with Gasteiger partial charge in [0.15, 0.2) is 0 Å². The van der Waals surface area contributed by atoms with Gasteiger partial charge >= 0.3 is 10.4 Å². The summed E-state index contributed by atoms with van der Waals surface area (Å²) in [6.07, 6.45) is 0. The molecular weight excluding hydrogens is 156 g/mol. The van der Waals surface area contributed by atoms with Crippen LogP contribution in [0, 0.1) is 0 Å². The van der Waals surface area contributed by atoms with E-state index in [1.807, 2.05) is 0 Å². The molecule has 0 atom stereocenters. The molecule has 0 unspecified atom stereocenters. The third kappa shape index (κ3) is 16.8. The molecule has 0 aliphatic heterocycles. The second-order valence-corrected chi connectivity index (χ2v) is 1.85. The fourth-order valence-corrected chi connectivity index (χ4v) is 0. The molecule has 6 heteroatoms. The van der Waals surface area contributed by atoms with Crippen LogP contribution in [0.15, 0.2) is 13.2 Å². The summed E-state index contributed by atoms with van der Waals surface area (Å²) in [7, 11) is -4.40. The smallest absolute Gasteiger partial charge is 0.263 e. The van der Waals surface area contributed by atoms with Crippen LogP contribution in [0.4, 0.5) is 0 Å². The largest absolute Gasteiger partial charge is 0.413 e. The Morgan fingerprint density at radius 3 is 1.62 bits per heavy atom. The second kappa shape index (κ2) is 5.04. The number of hydrogen-bond acceptors (Lipinski definition) is 3. The lowest BCUT2D eigenvalue weighted by atomic mass is 11.3. The summed E-state index contributed by atoms with van der Waals surface area (Å²) in [5.41, 5.74) is 0. The predicted molar refractivity (Wildman–Crippen MR) is 29.7 cm³/mol. The third-order valence-corrected chi connectivity index (χ3v) is 0.716. The first-order chi connectivity index (χ1) is 3.56. The van der Waals surface area contributed by atoms with Gasteiger partial charge in [-0.1, -0.05) is 0 Å². The van der Waals surface area contributed by atoms with E-state index < -0.39 is 10.4 Å². The van der Waals surface area contributed by atoms with Gasteiger partial charge in [0.2, 0.25) is 0 Å². The van der Waals surface area contributed by atoms with E-state index in [0.29, 0.717) is 0 Å². The molecule has 0 saturated carbocycles. The maximum atomic E-state index is 9.20. The third-order valence-electron chi connectivity index (χ3n) is 0.0796. The van der Waals surface area contributed by atoms with Crippen LogP contribution in [-0.2, 0) is 14.1 Å². The Labute approximate surface area is 52.8 Å². The molecular formula is C2H5ClO4S. The van der Waals surface area contributed by atoms with Crippen molar-refractivity contribution >= 4 is 22.3 Å². The molecule has 0 fully saturated rings. The number of halogens is 1. The SMILES string of the molecule is C=C.O=S(=O)(O)OCl. The van der Waals surface area contributed by atoms with Gasteiger partial charge in [0.25, 0.3) is 0 Å². The highest BCUT2D eigenvalue weighted by atomic mass is 35.5. The fourth-order valence-electron chi connectivity index (χ4n) is 0. The van der Waals surface area contributed by atoms with Crippen molar-refractivity contribution in [2.75, 3.05) is 0 Å². The first kappa shape index (κ1) is 10.8. The van der Waals surface area contributed by atoms with Gasteiger partial charge in [0.1, 0.15) is 0 Å². The molecule has 1 N–H and O–H groups in total. The zero-order chi connectivity index (χ0) is 7.21. The van der Waals surface area contributed by atoms with Crippen molar-refractivity contribution in [1.29, 1.82) is 0 Å². The van der Waals surface area contributed by atoms with Crippen LogP contribution in [0.2, 0.25) is 0 Å². The van der Waals surface area contributed by atoms with E-state index in [-0.39, 0.29) is 0 Å². The van der Waals surface area contributed by atoms with Crippen molar-refractivity contribution in [2.45, 2.75) is 0 Å². The molecule has 0 spiro atoms. The fraction of sp³-hybridized carbons (Fsp3) is 0. The van der Waals surface area contributed by atoms with Crippen LogP contribution in [0.1, 0.15) is 0 Å². The van der Waals surface area contributed by atoms with Gasteiger partial charge in [-0.25, -0.2) is 0 Å². The van der Waals surface area contributed by atoms with Gasteiger partial charge in [-0.2, -0.15) is 8.42 Å². The molecule has 0 aromatic carbocycles. The zero-order valence-corrected chi connectivity index (χ0v) is 5.44. The van der Waals surface area contributed by atoms with Crippen molar-refractivity contribution in [3.8, 4) is 0 Å². The quantitative estimate of drug-likeness (QED) is 0.455. The molecule has 0 heterocycles. The monoisotopic (exact) mass is 160 g/mol. The molecule has 50 valence electrons. The predicted octanol–water partition coefficient (Wildman–Crippen LogP) is 0.762. The van der Waals surface area contributed by atoms with Crippen molar-refractivity contribution in [3.63, 3.8) is 0 Å². The molecule has 0 radical (unpaired) electrons.